The molecule has 6 nitrogen and oxygen atoms in total. The monoisotopic (exact) mass is 323 g/mol. The number of fused-ring (bicyclic) bond motifs is 1. The molecule has 122 valence electrons. The molecule has 0 atom stereocenters. The van der Waals surface area contributed by atoms with Gasteiger partial charge in [0.05, 0.1) is 0 Å². The van der Waals surface area contributed by atoms with E-state index in [1.165, 1.54) is 0 Å². The number of aromatic nitrogens is 2. The lowest BCUT2D eigenvalue weighted by molar-refractivity contribution is -0.119. The van der Waals surface area contributed by atoms with Gasteiger partial charge in [0.1, 0.15) is 5.65 Å². The molecule has 6 heteroatoms. The molecule has 0 unspecified atom stereocenters. The molecule has 0 bridgehead atoms. The number of imidazole rings is 1. The second-order valence-corrected chi connectivity index (χ2v) is 5.48. The summed E-state index contributed by atoms with van der Waals surface area (Å²) >= 11 is 0. The van der Waals surface area contributed by atoms with Gasteiger partial charge >= 0.3 is 5.97 Å². The highest BCUT2D eigenvalue weighted by Crippen LogP contribution is 2.19. The molecule has 1 amide bonds. The predicted octanol–water partition coefficient (Wildman–Crippen LogP) is 2.75. The van der Waals surface area contributed by atoms with Crippen LogP contribution in [-0.2, 0) is 9.53 Å². The van der Waals surface area contributed by atoms with Crippen LogP contribution in [0.3, 0.4) is 0 Å². The number of para-hydroxylation sites is 1. The van der Waals surface area contributed by atoms with Gasteiger partial charge in [0.25, 0.3) is 5.91 Å². The van der Waals surface area contributed by atoms with Crippen LogP contribution < -0.4 is 5.32 Å². The SMILES string of the molecule is Cc1cccc(C)c1NC(=O)COC(=O)c1cn2ccccc2n1. The fourth-order valence-electron chi connectivity index (χ4n) is 2.43. The molecule has 3 aromatic rings. The number of pyridine rings is 1. The first-order chi connectivity index (χ1) is 11.5. The number of aryl methyl sites for hydroxylation is 2. The van der Waals surface area contributed by atoms with Gasteiger partial charge in [0.2, 0.25) is 0 Å². The third-order valence-corrected chi connectivity index (χ3v) is 3.65. The van der Waals surface area contributed by atoms with E-state index in [1.54, 1.807) is 22.9 Å². The first-order valence-electron chi connectivity index (χ1n) is 7.51. The van der Waals surface area contributed by atoms with Crippen molar-refractivity contribution in [1.29, 1.82) is 0 Å². The van der Waals surface area contributed by atoms with Crippen molar-refractivity contribution >= 4 is 23.2 Å². The normalized spacial score (nSPS) is 10.6. The van der Waals surface area contributed by atoms with E-state index in [4.69, 9.17) is 4.74 Å². The Morgan fingerprint density at radius 2 is 1.88 bits per heavy atom. The topological polar surface area (TPSA) is 72.7 Å². The van der Waals surface area contributed by atoms with Gasteiger partial charge in [-0.15, -0.1) is 0 Å². The molecule has 0 fully saturated rings. The van der Waals surface area contributed by atoms with E-state index in [1.807, 2.05) is 44.2 Å². The highest BCUT2D eigenvalue weighted by atomic mass is 16.5. The average molecular weight is 323 g/mol. The maximum Gasteiger partial charge on any atom is 0.359 e. The summed E-state index contributed by atoms with van der Waals surface area (Å²) in [6.45, 7) is 3.46. The summed E-state index contributed by atoms with van der Waals surface area (Å²) in [6, 6.07) is 11.2. The minimum absolute atomic E-state index is 0.168. The lowest BCUT2D eigenvalue weighted by Crippen LogP contribution is -2.22. The van der Waals surface area contributed by atoms with Crippen LogP contribution in [0.15, 0.2) is 48.8 Å². The summed E-state index contributed by atoms with van der Waals surface area (Å²) in [5.41, 5.74) is 3.46. The Bertz CT molecular complexity index is 862. The van der Waals surface area contributed by atoms with Gasteiger partial charge in [-0.05, 0) is 37.1 Å². The number of hydrogen-bond acceptors (Lipinski definition) is 4. The van der Waals surface area contributed by atoms with Crippen molar-refractivity contribution in [1.82, 2.24) is 9.38 Å². The standard InChI is InChI=1S/C18H17N3O3/c1-12-6-5-7-13(2)17(12)20-16(22)11-24-18(23)14-10-21-9-4-3-8-15(21)19-14/h3-10H,11H2,1-2H3,(H,20,22). The van der Waals surface area contributed by atoms with E-state index >= 15 is 0 Å². The number of rotatable bonds is 4. The van der Waals surface area contributed by atoms with Gasteiger partial charge in [-0.25, -0.2) is 9.78 Å². The summed E-state index contributed by atoms with van der Waals surface area (Å²) < 4.78 is 6.76. The van der Waals surface area contributed by atoms with Crippen LogP contribution in [0, 0.1) is 13.8 Å². The van der Waals surface area contributed by atoms with E-state index < -0.39 is 5.97 Å². The minimum Gasteiger partial charge on any atom is -0.451 e. The van der Waals surface area contributed by atoms with Crippen LogP contribution in [0.5, 0.6) is 0 Å². The zero-order valence-corrected chi connectivity index (χ0v) is 13.4. The van der Waals surface area contributed by atoms with Gasteiger partial charge in [-0.3, -0.25) is 4.79 Å². The summed E-state index contributed by atoms with van der Waals surface area (Å²) in [7, 11) is 0. The van der Waals surface area contributed by atoms with Crippen molar-refractivity contribution in [3.05, 3.63) is 65.6 Å². The maximum absolute atomic E-state index is 12.0. The van der Waals surface area contributed by atoms with Gasteiger partial charge in [0, 0.05) is 18.1 Å². The first-order valence-corrected chi connectivity index (χ1v) is 7.51. The number of hydrogen-bond donors (Lipinski definition) is 1. The van der Waals surface area contributed by atoms with E-state index in [2.05, 4.69) is 10.3 Å². The van der Waals surface area contributed by atoms with Crippen molar-refractivity contribution in [2.24, 2.45) is 0 Å². The lowest BCUT2D eigenvalue weighted by atomic mass is 10.1. The fourth-order valence-corrected chi connectivity index (χ4v) is 2.43. The number of anilines is 1. The summed E-state index contributed by atoms with van der Waals surface area (Å²) in [4.78, 5) is 28.2. The largest absolute Gasteiger partial charge is 0.451 e. The molecule has 1 aromatic carbocycles. The maximum atomic E-state index is 12.0. The molecule has 0 aliphatic carbocycles. The molecule has 3 rings (SSSR count). The van der Waals surface area contributed by atoms with E-state index in [0.717, 1.165) is 16.8 Å². The van der Waals surface area contributed by atoms with Crippen molar-refractivity contribution < 1.29 is 14.3 Å². The average Bonchev–Trinajstić information content (AvgIpc) is 3.00. The van der Waals surface area contributed by atoms with Crippen LogP contribution in [0.4, 0.5) is 5.69 Å². The summed E-state index contributed by atoms with van der Waals surface area (Å²) in [6.07, 6.45) is 3.36. The van der Waals surface area contributed by atoms with Gasteiger partial charge < -0.3 is 14.5 Å². The molecular weight excluding hydrogens is 306 g/mol. The zero-order chi connectivity index (χ0) is 17.1. The van der Waals surface area contributed by atoms with Crippen molar-refractivity contribution in [2.75, 3.05) is 11.9 Å². The molecule has 0 radical (unpaired) electrons. The molecule has 0 saturated heterocycles. The second-order valence-electron chi connectivity index (χ2n) is 5.48. The fraction of sp³-hybridized carbons (Fsp3) is 0.167. The van der Waals surface area contributed by atoms with E-state index in [0.29, 0.717) is 5.65 Å². The molecular formula is C18H17N3O3. The van der Waals surface area contributed by atoms with Crippen molar-refractivity contribution in [3.63, 3.8) is 0 Å². The van der Waals surface area contributed by atoms with Crippen molar-refractivity contribution in [3.8, 4) is 0 Å². The summed E-state index contributed by atoms with van der Waals surface area (Å²) in [5.74, 6) is -1.01. The Morgan fingerprint density at radius 1 is 1.12 bits per heavy atom. The number of esters is 1. The molecule has 0 saturated carbocycles. The molecule has 24 heavy (non-hydrogen) atoms. The number of carbonyl (C=O) groups excluding carboxylic acids is 2. The first kappa shape index (κ1) is 15.7. The van der Waals surface area contributed by atoms with Crippen LogP contribution in [0.25, 0.3) is 5.65 Å². The van der Waals surface area contributed by atoms with E-state index in [-0.39, 0.29) is 18.2 Å². The molecule has 1 N–H and O–H groups in total. The zero-order valence-electron chi connectivity index (χ0n) is 13.4. The minimum atomic E-state index is -0.629. The number of nitrogens with one attached hydrogen (secondary N) is 1. The highest BCUT2D eigenvalue weighted by molar-refractivity contribution is 5.96. The number of benzene rings is 1. The second kappa shape index (κ2) is 6.54. The lowest BCUT2D eigenvalue weighted by Gasteiger charge is -2.11. The Hall–Kier alpha value is -3.15. The number of carbonyl (C=O) groups is 2. The molecule has 0 aliphatic rings. The van der Waals surface area contributed by atoms with Gasteiger partial charge in [0.15, 0.2) is 12.3 Å². The van der Waals surface area contributed by atoms with Crippen LogP contribution in [0.1, 0.15) is 21.6 Å². The third kappa shape index (κ3) is 3.27. The predicted molar refractivity (Wildman–Crippen MR) is 90.0 cm³/mol. The molecule has 0 spiro atoms. The highest BCUT2D eigenvalue weighted by Gasteiger charge is 2.15. The Labute approximate surface area is 139 Å². The third-order valence-electron chi connectivity index (χ3n) is 3.65. The number of ether oxygens (including phenoxy) is 1. The number of nitrogens with zero attached hydrogens (tertiary/aromatic N) is 2. The van der Waals surface area contributed by atoms with Gasteiger partial charge in [-0.1, -0.05) is 24.3 Å². The Morgan fingerprint density at radius 3 is 2.58 bits per heavy atom. The summed E-state index contributed by atoms with van der Waals surface area (Å²) in [5, 5.41) is 2.77. The van der Waals surface area contributed by atoms with Gasteiger partial charge in [-0.2, -0.15) is 0 Å². The number of amides is 1. The Balaban J connectivity index is 1.62. The van der Waals surface area contributed by atoms with Crippen LogP contribution in [-0.4, -0.2) is 27.9 Å². The Kier molecular flexibility index (Phi) is 4.29. The van der Waals surface area contributed by atoms with Crippen LogP contribution >= 0.6 is 0 Å². The molecule has 2 heterocycles. The van der Waals surface area contributed by atoms with Crippen molar-refractivity contribution in [2.45, 2.75) is 13.8 Å². The molecule has 0 aliphatic heterocycles. The molecule has 2 aromatic heterocycles. The van der Waals surface area contributed by atoms with Crippen LogP contribution in [0.2, 0.25) is 0 Å². The quantitative estimate of drug-likeness (QED) is 0.749. The van der Waals surface area contributed by atoms with E-state index in [9.17, 15) is 9.59 Å². The smallest absolute Gasteiger partial charge is 0.359 e.